The smallest absolute Gasteiger partial charge is 0.319 e. The molecule has 33 nitrogen and oxygen atoms in total. The van der Waals surface area contributed by atoms with Crippen molar-refractivity contribution >= 4 is 108 Å². The van der Waals surface area contributed by atoms with E-state index in [1.165, 1.54) is 96.1 Å². The number of fused-ring (bicyclic) bond motifs is 6. The Bertz CT molecular complexity index is 4560. The first-order valence-corrected chi connectivity index (χ1v) is 39.1. The number of nitrogens with one attached hydrogen (secondary N) is 10. The van der Waals surface area contributed by atoms with Crippen LogP contribution >= 0.6 is 0 Å². The Hall–Kier alpha value is -11.2. The highest BCUT2D eigenvalue weighted by Gasteiger charge is 2.40. The number of carboxylic acids is 1. The summed E-state index contributed by atoms with van der Waals surface area (Å²) in [6, 6.07) is 19.2. The number of nitrogens with zero attached hydrogens (tertiary/aromatic N) is 7. The van der Waals surface area contributed by atoms with Gasteiger partial charge < -0.3 is 82.9 Å². The number of carboxylic acid groups (broad SMARTS) is 1. The fourth-order valence-corrected chi connectivity index (χ4v) is 14.2. The summed E-state index contributed by atoms with van der Waals surface area (Å²) in [4.78, 5) is 134. The number of carbonyl (C=O) groups excluding carboxylic acids is 8. The van der Waals surface area contributed by atoms with Crippen LogP contribution in [0.1, 0.15) is 76.5 Å². The third-order valence-electron chi connectivity index (χ3n) is 17.3. The zero-order valence-corrected chi connectivity index (χ0v) is 63.7. The van der Waals surface area contributed by atoms with Gasteiger partial charge in [-0.25, -0.2) is 40.8 Å². The highest BCUT2D eigenvalue weighted by molar-refractivity contribution is 7.93. The number of sulfonamides is 1. The molecule has 2 aliphatic rings. The van der Waals surface area contributed by atoms with Crippen molar-refractivity contribution in [3.8, 4) is 22.8 Å². The van der Waals surface area contributed by atoms with Crippen LogP contribution in [0.5, 0.6) is 11.6 Å². The van der Waals surface area contributed by atoms with Crippen LogP contribution in [0, 0.1) is 17.6 Å². The Morgan fingerprint density at radius 3 is 2.05 bits per heavy atom. The van der Waals surface area contributed by atoms with Gasteiger partial charge in [-0.1, -0.05) is 39.0 Å². The second-order valence-electron chi connectivity index (χ2n) is 27.0. The number of primary amides is 1. The van der Waals surface area contributed by atoms with E-state index in [4.69, 9.17) is 15.2 Å². The number of halogens is 2. The van der Waals surface area contributed by atoms with Gasteiger partial charge in [-0.3, -0.25) is 38.4 Å². The van der Waals surface area contributed by atoms with Crippen LogP contribution in [0.3, 0.4) is 0 Å². The first-order valence-electron chi connectivity index (χ1n) is 35.5. The SMILES string of the molecule is CCCNC(=O)Nc1cccc(S(=O)(=O)Nc2cccc([C@@H](CC(=O)O)NC(=O)Nc3ccc(NC(=O)NCCN(C)CCN(C)CCN(C)CC(=O)N[C@@H](CC(N)=O)C(=O)N4CCC[C@H]4C(=O)N[C@H](C(=O)N=[S@@](C)(=O)Cc4cc5nc(c4)OCCCOc4cc(F)ccc4-c4cc(ncc4F)N5)C(C)C)cc3)c2)c1. The summed E-state index contributed by atoms with van der Waals surface area (Å²) in [7, 11) is -2.09. The Balaban J connectivity index is 0.744. The third-order valence-corrected chi connectivity index (χ3v) is 20.1. The third kappa shape index (κ3) is 26.3. The average Bonchev–Trinajstić information content (AvgIpc) is 1.02. The molecule has 0 radical (unpaired) electrons. The number of likely N-dealkylation sites (N-methyl/N-ethyl adjacent to an activating group) is 3. The van der Waals surface area contributed by atoms with Crippen molar-refractivity contribution in [2.45, 2.75) is 94.1 Å². The number of pyridine rings is 2. The standard InChI is InChI=1S/C73H94F2N18O15S2/c1-8-24-77-71(101)82-51-14-10-16-53(38-51)110(105,106)88-52-15-9-13-47(36-52)57(41-66(96)97)84-73(103)81-50-21-19-49(20-22-50)80-72(102)78-25-27-90(4)28-29-91(5)30-31-92(6)43-64(95)83-58(40-61(76)94)70(100)93-26-11-17-59(93)68(98)87-67(45(2)3)69(99)89-109(7,104)44-46-34-63-85-62-39-55(56(75)42-79-62)54-23-18-48(74)37-60(54)107-32-12-33-108-65(35-46)86-63/h9-10,13-16,18-23,34-39,42,45,57-59,67,88H,8,11-12,17,24-33,40-41,43-44H2,1-7H3,(H2,76,94)(H,83,95)(H,87,98)(H,96,97)(H2,77,82,101)(H2,78,80,102)(H,79,85,86)(H2,81,84,103)/t57-,58+,59+,67+,109+/m1/s1. The van der Waals surface area contributed by atoms with Crippen molar-refractivity contribution in [1.82, 2.24) is 56.2 Å². The first kappa shape index (κ1) is 84.5. The number of hydrogen-bond acceptors (Lipinski definition) is 20. The Morgan fingerprint density at radius 2 is 1.36 bits per heavy atom. The van der Waals surface area contributed by atoms with Gasteiger partial charge in [-0.2, -0.15) is 9.35 Å². The van der Waals surface area contributed by atoms with Crippen LogP contribution in [0.15, 0.2) is 125 Å². The molecule has 6 aromatic rings. The number of rotatable bonds is 33. The van der Waals surface area contributed by atoms with E-state index < -0.39 is 128 Å². The van der Waals surface area contributed by atoms with Crippen LogP contribution in [0.4, 0.5) is 57.5 Å². The quantitative estimate of drug-likeness (QED) is 0.0217. The lowest BCUT2D eigenvalue weighted by Crippen LogP contribution is -2.57. The van der Waals surface area contributed by atoms with Crippen molar-refractivity contribution < 1.29 is 79.1 Å². The lowest BCUT2D eigenvalue weighted by Gasteiger charge is -2.30. The lowest BCUT2D eigenvalue weighted by molar-refractivity contribution is -0.143. The fourth-order valence-electron chi connectivity index (χ4n) is 11.7. The van der Waals surface area contributed by atoms with Gasteiger partial charge in [-0.15, -0.1) is 0 Å². The number of benzene rings is 4. The van der Waals surface area contributed by atoms with Gasteiger partial charge in [0.15, 0.2) is 0 Å². The van der Waals surface area contributed by atoms with Crippen molar-refractivity contribution in [3.63, 3.8) is 0 Å². The van der Waals surface area contributed by atoms with E-state index in [-0.39, 0.29) is 101 Å². The molecular formula is C73H94F2N18O15S2. The molecule has 8 rings (SSSR count). The molecule has 2 aromatic heterocycles. The van der Waals surface area contributed by atoms with Crippen LogP contribution in [0.25, 0.3) is 11.1 Å². The topological polar surface area (TPSA) is 441 Å². The molecule has 5 atom stereocenters. The summed E-state index contributed by atoms with van der Waals surface area (Å²) < 4.78 is 88.9. The summed E-state index contributed by atoms with van der Waals surface area (Å²) in [6.45, 7) is 8.67. The minimum atomic E-state index is -4.19. The highest BCUT2D eigenvalue weighted by atomic mass is 32.2. The average molecular weight is 1570 g/mol. The van der Waals surface area contributed by atoms with Gasteiger partial charge in [0.1, 0.15) is 47.1 Å². The van der Waals surface area contributed by atoms with E-state index in [0.717, 1.165) is 12.3 Å². The lowest BCUT2D eigenvalue weighted by atomic mass is 10.0. The van der Waals surface area contributed by atoms with Crippen molar-refractivity contribution in [1.29, 1.82) is 0 Å². The number of nitrogens with two attached hydrogens (primary N) is 1. The molecule has 1 fully saturated rings. The number of urea groups is 3. The molecule has 0 unspecified atom stereocenters. The van der Waals surface area contributed by atoms with Crippen molar-refractivity contribution in [2.75, 3.05) is 126 Å². The molecule has 4 bridgehead atoms. The van der Waals surface area contributed by atoms with Crippen LogP contribution in [-0.4, -0.2) is 219 Å². The molecule has 110 heavy (non-hydrogen) atoms. The van der Waals surface area contributed by atoms with Crippen LogP contribution in [0.2, 0.25) is 0 Å². The fraction of sp³-hybridized carbons (Fsp3) is 0.411. The maximum atomic E-state index is 15.2. The largest absolute Gasteiger partial charge is 0.493 e. The minimum Gasteiger partial charge on any atom is -0.493 e. The number of anilines is 6. The normalized spacial score (nSPS) is 14.8. The molecular weight excluding hydrogens is 1470 g/mol. The van der Waals surface area contributed by atoms with Crippen molar-refractivity contribution in [3.05, 3.63) is 138 Å². The van der Waals surface area contributed by atoms with E-state index in [2.05, 4.69) is 66.9 Å². The second kappa shape index (κ2) is 39.8. The van der Waals surface area contributed by atoms with Crippen LogP contribution < -0.4 is 67.8 Å². The molecule has 2 aliphatic heterocycles. The van der Waals surface area contributed by atoms with Gasteiger partial charge in [0.05, 0.1) is 65.2 Å². The maximum absolute atomic E-state index is 15.2. The molecule has 11 amide bonds. The predicted molar refractivity (Wildman–Crippen MR) is 409 cm³/mol. The van der Waals surface area contributed by atoms with Gasteiger partial charge in [0, 0.05) is 111 Å². The number of ether oxygens (including phenoxy) is 2. The maximum Gasteiger partial charge on any atom is 0.319 e. The van der Waals surface area contributed by atoms with Gasteiger partial charge in [0.2, 0.25) is 29.5 Å². The molecule has 0 aliphatic carbocycles. The summed E-state index contributed by atoms with van der Waals surface area (Å²) in [6.07, 6.45) is 2.74. The molecule has 0 spiro atoms. The highest BCUT2D eigenvalue weighted by Crippen LogP contribution is 2.35. The number of carbonyl (C=O) groups is 9. The number of aromatic nitrogens is 2. The van der Waals surface area contributed by atoms with E-state index >= 15 is 4.39 Å². The second-order valence-corrected chi connectivity index (χ2v) is 31.1. The molecule has 0 saturated carbocycles. The number of amides is 11. The Morgan fingerprint density at radius 1 is 0.709 bits per heavy atom. The van der Waals surface area contributed by atoms with E-state index in [1.807, 2.05) is 30.8 Å². The molecule has 1 saturated heterocycles. The number of aliphatic carboxylic acids is 1. The zero-order valence-electron chi connectivity index (χ0n) is 62.0. The summed E-state index contributed by atoms with van der Waals surface area (Å²) in [5, 5.41) is 34.1. The molecule has 37 heteroatoms. The van der Waals surface area contributed by atoms with E-state index in [1.54, 1.807) is 44.0 Å². The van der Waals surface area contributed by atoms with Gasteiger partial charge >= 0.3 is 24.1 Å². The first-order chi connectivity index (χ1) is 52.3. The van der Waals surface area contributed by atoms with Crippen LogP contribution in [-0.2, 0) is 54.3 Å². The molecule has 592 valence electrons. The molecule has 13 N–H and O–H groups in total. The number of hydrogen-bond donors (Lipinski definition) is 12. The zero-order chi connectivity index (χ0) is 79.8. The summed E-state index contributed by atoms with van der Waals surface area (Å²) in [5.41, 5.74) is 7.65. The van der Waals surface area contributed by atoms with Gasteiger partial charge in [0.25, 0.3) is 15.9 Å². The summed E-state index contributed by atoms with van der Waals surface area (Å²) >= 11 is 0. The van der Waals surface area contributed by atoms with E-state index in [0.29, 0.717) is 75.5 Å². The predicted octanol–water partition coefficient (Wildman–Crippen LogP) is 6.23. The van der Waals surface area contributed by atoms with Crippen molar-refractivity contribution in [2.24, 2.45) is 16.0 Å². The Labute approximate surface area is 636 Å². The summed E-state index contributed by atoms with van der Waals surface area (Å²) in [5.74, 6) is -6.58. The molecule has 4 aromatic carbocycles. The number of likely N-dealkylation sites (tertiary alicyclic amines) is 1. The van der Waals surface area contributed by atoms with E-state index in [9.17, 15) is 65.3 Å². The van der Waals surface area contributed by atoms with Gasteiger partial charge in [-0.05, 0) is 136 Å². The molecule has 4 heterocycles. The monoisotopic (exact) mass is 1560 g/mol. The minimum absolute atomic E-state index is 0.0780. The Kier molecular flexibility index (Phi) is 30.6.